The molecule has 0 saturated heterocycles. The van der Waals surface area contributed by atoms with Gasteiger partial charge >= 0.3 is 18.3 Å². The van der Waals surface area contributed by atoms with Crippen molar-refractivity contribution in [1.82, 2.24) is 9.97 Å². The minimum atomic E-state index is -4.83. The number of pyridine rings is 1. The number of nitrogens with one attached hydrogen (secondary N) is 1. The summed E-state index contributed by atoms with van der Waals surface area (Å²) in [6.45, 7) is 0. The van der Waals surface area contributed by atoms with Gasteiger partial charge in [-0.2, -0.15) is 4.98 Å². The first-order valence-electron chi connectivity index (χ1n) is 8.95. The van der Waals surface area contributed by atoms with Crippen molar-refractivity contribution in [1.29, 1.82) is 0 Å². The van der Waals surface area contributed by atoms with Crippen LogP contribution in [-0.4, -0.2) is 33.3 Å². The fourth-order valence-electron chi connectivity index (χ4n) is 2.88. The Balaban J connectivity index is 1.56. The number of nitrogens with zero attached hydrogens (tertiary/aromatic N) is 2. The number of hydrogen-bond acceptors (Lipinski definition) is 6. The number of carbonyl (C=O) groups is 2. The number of rotatable bonds is 5. The number of ether oxygens (including phenoxy) is 1. The van der Waals surface area contributed by atoms with Crippen molar-refractivity contribution in [3.63, 3.8) is 0 Å². The van der Waals surface area contributed by atoms with Gasteiger partial charge in [0.2, 0.25) is 0 Å². The zero-order valence-corrected chi connectivity index (χ0v) is 15.9. The predicted molar refractivity (Wildman–Crippen MR) is 105 cm³/mol. The standard InChI is InChI=1S/C21H12F3N3O5/c22-21(23,24)32-14-3-1-2-11(8-14)12-6-7-25-16(9-12)18(28)27-20-26-15-10-13(19(29)30)4-5-17(15)31-20/h1-10H,(H,29,30)(H,26,27,28). The van der Waals surface area contributed by atoms with Gasteiger partial charge in [0.15, 0.2) is 5.58 Å². The Hall–Kier alpha value is -4.41. The number of fused-ring (bicyclic) bond motifs is 1. The zero-order valence-electron chi connectivity index (χ0n) is 15.9. The van der Waals surface area contributed by atoms with Crippen molar-refractivity contribution >= 4 is 29.0 Å². The van der Waals surface area contributed by atoms with E-state index in [0.717, 1.165) is 6.07 Å². The van der Waals surface area contributed by atoms with Crippen LogP contribution in [0.5, 0.6) is 5.75 Å². The first kappa shape index (κ1) is 20.8. The summed E-state index contributed by atoms with van der Waals surface area (Å²) in [7, 11) is 0. The lowest BCUT2D eigenvalue weighted by Gasteiger charge is -2.10. The molecule has 8 nitrogen and oxygen atoms in total. The Morgan fingerprint density at radius 3 is 2.56 bits per heavy atom. The summed E-state index contributed by atoms with van der Waals surface area (Å²) in [5, 5.41) is 11.5. The first-order chi connectivity index (χ1) is 15.2. The van der Waals surface area contributed by atoms with E-state index < -0.39 is 24.0 Å². The Morgan fingerprint density at radius 1 is 1.03 bits per heavy atom. The molecule has 1 amide bonds. The molecule has 0 fully saturated rings. The van der Waals surface area contributed by atoms with Crippen molar-refractivity contribution in [2.45, 2.75) is 6.36 Å². The highest BCUT2D eigenvalue weighted by Gasteiger charge is 2.31. The van der Waals surface area contributed by atoms with Crippen LogP contribution in [0.15, 0.2) is 65.2 Å². The van der Waals surface area contributed by atoms with Crippen LogP contribution in [0.3, 0.4) is 0 Å². The maximum absolute atomic E-state index is 12.6. The third-order valence-electron chi connectivity index (χ3n) is 4.25. The molecule has 0 radical (unpaired) electrons. The number of aromatic carboxylic acids is 1. The molecule has 0 atom stereocenters. The average Bonchev–Trinajstić information content (AvgIpc) is 3.14. The van der Waals surface area contributed by atoms with E-state index in [0.29, 0.717) is 11.1 Å². The van der Waals surface area contributed by atoms with E-state index in [1.54, 1.807) is 6.07 Å². The fourth-order valence-corrected chi connectivity index (χ4v) is 2.88. The van der Waals surface area contributed by atoms with Gasteiger partial charge < -0.3 is 14.3 Å². The molecule has 0 aliphatic heterocycles. The molecule has 2 aromatic carbocycles. The Bertz CT molecular complexity index is 1330. The van der Waals surface area contributed by atoms with Crippen LogP contribution in [-0.2, 0) is 0 Å². The summed E-state index contributed by atoms with van der Waals surface area (Å²) < 4.78 is 46.7. The highest BCUT2D eigenvalue weighted by Crippen LogP contribution is 2.28. The summed E-state index contributed by atoms with van der Waals surface area (Å²) in [5.74, 6) is -2.21. The number of aromatic nitrogens is 2. The quantitative estimate of drug-likeness (QED) is 0.458. The van der Waals surface area contributed by atoms with Crippen LogP contribution in [0, 0.1) is 0 Å². The van der Waals surface area contributed by atoms with Gasteiger partial charge in [-0.3, -0.25) is 15.1 Å². The number of carboxylic acids is 1. The summed E-state index contributed by atoms with van der Waals surface area (Å²) in [4.78, 5) is 31.6. The largest absolute Gasteiger partial charge is 0.573 e. The minimum absolute atomic E-state index is 0.00905. The molecule has 2 heterocycles. The molecule has 4 rings (SSSR count). The van der Waals surface area contributed by atoms with Crippen molar-refractivity contribution in [3.05, 3.63) is 72.1 Å². The van der Waals surface area contributed by atoms with Gasteiger partial charge in [0.25, 0.3) is 5.91 Å². The number of carboxylic acid groups (broad SMARTS) is 1. The molecule has 2 aromatic heterocycles. The summed E-state index contributed by atoms with van der Waals surface area (Å²) in [6.07, 6.45) is -3.50. The third kappa shape index (κ3) is 4.67. The molecule has 0 bridgehead atoms. The first-order valence-corrected chi connectivity index (χ1v) is 8.95. The molecule has 0 saturated carbocycles. The monoisotopic (exact) mass is 443 g/mol. The van der Waals surface area contributed by atoms with Gasteiger partial charge in [-0.1, -0.05) is 12.1 Å². The van der Waals surface area contributed by atoms with Crippen molar-refractivity contribution < 1.29 is 37.0 Å². The van der Waals surface area contributed by atoms with E-state index in [1.807, 2.05) is 0 Å². The number of benzene rings is 2. The molecule has 4 aromatic rings. The van der Waals surface area contributed by atoms with Crippen molar-refractivity contribution in [2.75, 3.05) is 5.32 Å². The molecular formula is C21H12F3N3O5. The lowest BCUT2D eigenvalue weighted by molar-refractivity contribution is -0.274. The second-order valence-corrected chi connectivity index (χ2v) is 6.47. The smallest absolute Gasteiger partial charge is 0.478 e. The molecule has 2 N–H and O–H groups in total. The van der Waals surface area contributed by atoms with E-state index in [1.165, 1.54) is 48.7 Å². The number of carbonyl (C=O) groups excluding carboxylic acids is 1. The number of hydrogen-bond donors (Lipinski definition) is 2. The molecule has 0 aliphatic rings. The van der Waals surface area contributed by atoms with E-state index in [4.69, 9.17) is 9.52 Å². The van der Waals surface area contributed by atoms with Crippen LogP contribution >= 0.6 is 0 Å². The molecule has 162 valence electrons. The fraction of sp³-hybridized carbons (Fsp3) is 0.0476. The Labute approximate surface area is 177 Å². The molecule has 0 aliphatic carbocycles. The topological polar surface area (TPSA) is 115 Å². The summed E-state index contributed by atoms with van der Waals surface area (Å²) >= 11 is 0. The van der Waals surface area contributed by atoms with E-state index in [-0.39, 0.29) is 28.4 Å². The van der Waals surface area contributed by atoms with Gasteiger partial charge in [-0.25, -0.2) is 4.79 Å². The molecule has 0 unspecified atom stereocenters. The second kappa shape index (κ2) is 8.02. The van der Waals surface area contributed by atoms with Crippen molar-refractivity contribution in [2.24, 2.45) is 0 Å². The molecular weight excluding hydrogens is 431 g/mol. The van der Waals surface area contributed by atoms with Crippen LogP contribution in [0.25, 0.3) is 22.2 Å². The maximum Gasteiger partial charge on any atom is 0.573 e. The minimum Gasteiger partial charge on any atom is -0.478 e. The number of oxazole rings is 1. The second-order valence-electron chi connectivity index (χ2n) is 6.47. The number of halogens is 3. The van der Waals surface area contributed by atoms with Crippen molar-refractivity contribution in [3.8, 4) is 16.9 Å². The number of anilines is 1. The van der Waals surface area contributed by atoms with E-state index in [2.05, 4.69) is 20.0 Å². The van der Waals surface area contributed by atoms with Crippen LogP contribution in [0.1, 0.15) is 20.8 Å². The Kier molecular flexibility index (Phi) is 5.23. The lowest BCUT2D eigenvalue weighted by Crippen LogP contribution is -2.17. The maximum atomic E-state index is 12.6. The molecule has 0 spiro atoms. The third-order valence-corrected chi connectivity index (χ3v) is 4.25. The highest BCUT2D eigenvalue weighted by atomic mass is 19.4. The van der Waals surface area contributed by atoms with Crippen LogP contribution < -0.4 is 10.1 Å². The summed E-state index contributed by atoms with van der Waals surface area (Å²) in [5.41, 5.74) is 1.29. The SMILES string of the molecule is O=C(O)c1ccc2oc(NC(=O)c3cc(-c4cccc(OC(F)(F)F)c4)ccn3)nc2c1. The molecule has 11 heteroatoms. The van der Waals surface area contributed by atoms with Gasteiger partial charge in [0.05, 0.1) is 5.56 Å². The normalized spacial score (nSPS) is 11.3. The number of amides is 1. The van der Waals surface area contributed by atoms with Gasteiger partial charge in [0.1, 0.15) is 17.0 Å². The Morgan fingerprint density at radius 2 is 1.81 bits per heavy atom. The lowest BCUT2D eigenvalue weighted by atomic mass is 10.1. The number of alkyl halides is 3. The van der Waals surface area contributed by atoms with E-state index in [9.17, 15) is 22.8 Å². The van der Waals surface area contributed by atoms with Gasteiger partial charge in [0, 0.05) is 6.20 Å². The van der Waals surface area contributed by atoms with Crippen LogP contribution in [0.2, 0.25) is 0 Å². The predicted octanol–water partition coefficient (Wildman–Crippen LogP) is 4.74. The van der Waals surface area contributed by atoms with Crippen LogP contribution in [0.4, 0.5) is 19.2 Å². The van der Waals surface area contributed by atoms with Gasteiger partial charge in [-0.05, 0) is 53.6 Å². The van der Waals surface area contributed by atoms with E-state index >= 15 is 0 Å². The average molecular weight is 443 g/mol. The van der Waals surface area contributed by atoms with Gasteiger partial charge in [-0.15, -0.1) is 13.2 Å². The zero-order chi connectivity index (χ0) is 22.9. The molecule has 32 heavy (non-hydrogen) atoms. The summed E-state index contributed by atoms with van der Waals surface area (Å²) in [6, 6.07) is 12.1. The highest BCUT2D eigenvalue weighted by molar-refractivity contribution is 6.03.